The molecule has 7 aromatic carbocycles. The Bertz CT molecular complexity index is 2610. The maximum Gasteiger partial charge on any atom is 0.0541 e. The predicted octanol–water partition coefficient (Wildman–Crippen LogP) is 12.4. The van der Waals surface area contributed by atoms with Crippen LogP contribution in [0.5, 0.6) is 0 Å². The number of fused-ring (bicyclic) bond motifs is 2. The van der Waals surface area contributed by atoms with E-state index in [4.69, 9.17) is 10.8 Å². The Kier molecular flexibility index (Phi) is 8.38. The molecule has 0 fully saturated rings. The van der Waals surface area contributed by atoms with Crippen molar-refractivity contribution in [1.82, 2.24) is 9.13 Å². The van der Waals surface area contributed by atoms with Crippen molar-refractivity contribution in [1.29, 1.82) is 10.8 Å². The van der Waals surface area contributed by atoms with Gasteiger partial charge in [-0.15, -0.1) is 0 Å². The Morgan fingerprint density at radius 2 is 0.796 bits per heavy atom. The molecule has 0 spiro atoms. The summed E-state index contributed by atoms with van der Waals surface area (Å²) in [7, 11) is 0. The van der Waals surface area contributed by atoms with Gasteiger partial charge in [0, 0.05) is 69.8 Å². The van der Waals surface area contributed by atoms with Crippen LogP contribution >= 0.6 is 0 Å². The summed E-state index contributed by atoms with van der Waals surface area (Å²) in [5.74, 6) is 0. The van der Waals surface area contributed by atoms with Gasteiger partial charge < -0.3 is 30.6 Å². The third kappa shape index (κ3) is 6.02. The van der Waals surface area contributed by atoms with Gasteiger partial charge in [0.25, 0.3) is 0 Å². The number of para-hydroxylation sites is 4. The highest BCUT2D eigenvalue weighted by Crippen LogP contribution is 2.40. The first-order valence-corrected chi connectivity index (χ1v) is 17.9. The maximum absolute atomic E-state index is 7.85. The smallest absolute Gasteiger partial charge is 0.0541 e. The van der Waals surface area contributed by atoms with Gasteiger partial charge in [-0.1, -0.05) is 97.1 Å². The fraction of sp³-hybridized carbons (Fsp3) is 0. The van der Waals surface area contributed by atoms with Gasteiger partial charge in [-0.3, -0.25) is 0 Å². The average molecular weight is 697 g/mol. The van der Waals surface area contributed by atoms with E-state index in [0.717, 1.165) is 78.5 Å². The molecule has 0 aliphatic heterocycles. The zero-order valence-electron chi connectivity index (χ0n) is 29.4. The van der Waals surface area contributed by atoms with Crippen LogP contribution in [0.2, 0.25) is 0 Å². The lowest BCUT2D eigenvalue weighted by molar-refractivity contribution is 1.10. The SMILES string of the molecule is N=Cc1ccccc1Nc1ccc(-c2cc(-n3ccc4ccccc43)c(-c3ccc(Nc4ccccc4C=N)cc3)cc2-n2ccc3ccccc32)cc1. The van der Waals surface area contributed by atoms with Crippen LogP contribution in [0.3, 0.4) is 0 Å². The molecular weight excluding hydrogens is 661 g/mol. The van der Waals surface area contributed by atoms with E-state index in [1.54, 1.807) is 0 Å². The van der Waals surface area contributed by atoms with Gasteiger partial charge in [-0.25, -0.2) is 0 Å². The first kappa shape index (κ1) is 32.5. The Balaban J connectivity index is 1.22. The van der Waals surface area contributed by atoms with Crippen LogP contribution in [0.25, 0.3) is 55.4 Å². The zero-order chi connectivity index (χ0) is 36.4. The Hall–Kier alpha value is -7.44. The van der Waals surface area contributed by atoms with Crippen molar-refractivity contribution in [3.05, 3.63) is 193 Å². The summed E-state index contributed by atoms with van der Waals surface area (Å²) in [4.78, 5) is 0. The average Bonchev–Trinajstić information content (AvgIpc) is 3.86. The van der Waals surface area contributed by atoms with E-state index < -0.39 is 0 Å². The maximum atomic E-state index is 7.85. The van der Waals surface area contributed by atoms with Crippen LogP contribution in [0, 0.1) is 10.8 Å². The molecule has 0 radical (unpaired) electrons. The van der Waals surface area contributed by atoms with E-state index in [1.165, 1.54) is 23.2 Å². The second-order valence-corrected chi connectivity index (χ2v) is 13.2. The molecule has 0 bridgehead atoms. The molecule has 258 valence electrons. The first-order chi connectivity index (χ1) is 26.7. The highest BCUT2D eigenvalue weighted by molar-refractivity contribution is 5.93. The molecule has 0 saturated carbocycles. The molecule has 0 amide bonds. The highest BCUT2D eigenvalue weighted by Gasteiger charge is 2.19. The first-order valence-electron chi connectivity index (χ1n) is 17.9. The lowest BCUT2D eigenvalue weighted by Crippen LogP contribution is -2.02. The summed E-state index contributed by atoms with van der Waals surface area (Å²) in [6.45, 7) is 0. The Labute approximate surface area is 313 Å². The summed E-state index contributed by atoms with van der Waals surface area (Å²) in [6.07, 6.45) is 7.08. The van der Waals surface area contributed by atoms with Gasteiger partial charge in [0.1, 0.15) is 0 Å². The molecule has 0 saturated heterocycles. The van der Waals surface area contributed by atoms with Gasteiger partial charge in [0.2, 0.25) is 0 Å². The van der Waals surface area contributed by atoms with Gasteiger partial charge in [0.05, 0.1) is 22.4 Å². The monoisotopic (exact) mass is 696 g/mol. The van der Waals surface area contributed by atoms with Crippen molar-refractivity contribution in [3.8, 4) is 33.6 Å². The highest BCUT2D eigenvalue weighted by atomic mass is 15.0. The summed E-state index contributed by atoms with van der Waals surface area (Å²) in [5, 5.41) is 25.1. The standard InChI is InChI=1S/C48H36N6/c49-31-37-11-1-5-13-43(37)51-39-21-17-33(18-22-39)41-29-48(54-28-26-36-10-4-8-16-46(36)54)42(30-47(41)53-27-25-35-9-3-7-15-45(35)53)34-19-23-40(24-20-34)52-44-14-6-2-12-38(44)32-50/h1-32,49-52H. The van der Waals surface area contributed by atoms with Gasteiger partial charge in [-0.2, -0.15) is 0 Å². The second kappa shape index (κ2) is 13.9. The third-order valence-corrected chi connectivity index (χ3v) is 10.0. The number of aromatic nitrogens is 2. The predicted molar refractivity (Wildman–Crippen MR) is 226 cm³/mol. The Morgan fingerprint density at radius 3 is 1.22 bits per heavy atom. The Morgan fingerprint density at radius 1 is 0.407 bits per heavy atom. The van der Waals surface area contributed by atoms with Crippen LogP contribution < -0.4 is 10.6 Å². The van der Waals surface area contributed by atoms with Crippen LogP contribution in [-0.2, 0) is 0 Å². The van der Waals surface area contributed by atoms with Crippen molar-refractivity contribution in [2.24, 2.45) is 0 Å². The van der Waals surface area contributed by atoms with E-state index in [2.05, 4.69) is 153 Å². The normalized spacial score (nSPS) is 11.1. The molecule has 54 heavy (non-hydrogen) atoms. The summed E-state index contributed by atoms with van der Waals surface area (Å²) in [6, 6.07) is 58.8. The van der Waals surface area contributed by atoms with Gasteiger partial charge >= 0.3 is 0 Å². The number of nitrogens with zero attached hydrogens (tertiary/aromatic N) is 2. The molecule has 6 nitrogen and oxygen atoms in total. The van der Waals surface area contributed by atoms with Crippen molar-refractivity contribution in [2.75, 3.05) is 10.6 Å². The lowest BCUT2D eigenvalue weighted by atomic mass is 9.95. The number of hydrogen-bond acceptors (Lipinski definition) is 4. The van der Waals surface area contributed by atoms with E-state index in [0.29, 0.717) is 0 Å². The molecule has 9 aromatic rings. The topological polar surface area (TPSA) is 81.6 Å². The fourth-order valence-electron chi connectivity index (χ4n) is 7.27. The van der Waals surface area contributed by atoms with E-state index in [1.807, 2.05) is 48.5 Å². The number of rotatable bonds is 10. The minimum absolute atomic E-state index is 0.836. The molecular formula is C48H36N6. The number of benzene rings is 7. The largest absolute Gasteiger partial charge is 0.355 e. The molecule has 2 aromatic heterocycles. The number of anilines is 4. The van der Waals surface area contributed by atoms with E-state index >= 15 is 0 Å². The molecule has 0 aliphatic rings. The molecule has 0 aliphatic carbocycles. The molecule has 2 heterocycles. The van der Waals surface area contributed by atoms with Crippen molar-refractivity contribution in [2.45, 2.75) is 0 Å². The zero-order valence-corrected chi connectivity index (χ0v) is 29.4. The quantitative estimate of drug-likeness (QED) is 0.107. The number of hydrogen-bond donors (Lipinski definition) is 4. The van der Waals surface area contributed by atoms with Gasteiger partial charge in [0.15, 0.2) is 0 Å². The van der Waals surface area contributed by atoms with Crippen molar-refractivity contribution >= 4 is 57.0 Å². The number of nitrogens with one attached hydrogen (secondary N) is 4. The molecule has 0 unspecified atom stereocenters. The van der Waals surface area contributed by atoms with Gasteiger partial charge in [-0.05, 0) is 94.7 Å². The van der Waals surface area contributed by atoms with E-state index in [-0.39, 0.29) is 0 Å². The second-order valence-electron chi connectivity index (χ2n) is 13.2. The van der Waals surface area contributed by atoms with Crippen LogP contribution in [0.4, 0.5) is 22.7 Å². The molecule has 4 N–H and O–H groups in total. The summed E-state index contributed by atoms with van der Waals surface area (Å²) < 4.78 is 4.59. The molecule has 0 atom stereocenters. The third-order valence-electron chi connectivity index (χ3n) is 10.0. The van der Waals surface area contributed by atoms with Crippen LogP contribution in [0.15, 0.2) is 182 Å². The van der Waals surface area contributed by atoms with Crippen LogP contribution in [0.1, 0.15) is 11.1 Å². The molecule has 6 heteroatoms. The minimum Gasteiger partial charge on any atom is -0.355 e. The van der Waals surface area contributed by atoms with Crippen molar-refractivity contribution < 1.29 is 0 Å². The molecule has 9 rings (SSSR count). The fourth-order valence-corrected chi connectivity index (χ4v) is 7.27. The van der Waals surface area contributed by atoms with Crippen LogP contribution in [-0.4, -0.2) is 21.6 Å². The lowest BCUT2D eigenvalue weighted by Gasteiger charge is -2.21. The minimum atomic E-state index is 0.836. The summed E-state index contributed by atoms with van der Waals surface area (Å²) in [5.41, 5.74) is 14.1. The van der Waals surface area contributed by atoms with E-state index in [9.17, 15) is 0 Å². The van der Waals surface area contributed by atoms with Crippen molar-refractivity contribution in [3.63, 3.8) is 0 Å². The summed E-state index contributed by atoms with van der Waals surface area (Å²) >= 11 is 0.